The molecular formula is C13H16N4O2. The number of amides is 1. The van der Waals surface area contributed by atoms with Gasteiger partial charge in [-0.1, -0.05) is 0 Å². The van der Waals surface area contributed by atoms with Gasteiger partial charge in [-0.3, -0.25) is 4.79 Å². The summed E-state index contributed by atoms with van der Waals surface area (Å²) in [6.45, 7) is 1.72. The first-order valence-electron chi connectivity index (χ1n) is 6.46. The van der Waals surface area contributed by atoms with Crippen molar-refractivity contribution in [2.24, 2.45) is 5.92 Å². The van der Waals surface area contributed by atoms with Crippen LogP contribution < -0.4 is 16.3 Å². The molecule has 100 valence electrons. The molecule has 1 aliphatic heterocycles. The van der Waals surface area contributed by atoms with Gasteiger partial charge in [-0.05, 0) is 37.6 Å². The molecule has 0 aliphatic carbocycles. The van der Waals surface area contributed by atoms with Gasteiger partial charge in [0.2, 0.25) is 5.91 Å². The molecule has 0 bridgehead atoms. The van der Waals surface area contributed by atoms with Gasteiger partial charge in [-0.15, -0.1) is 0 Å². The number of piperidine rings is 1. The number of aromatic nitrogens is 2. The van der Waals surface area contributed by atoms with Crippen LogP contribution >= 0.6 is 0 Å². The quantitative estimate of drug-likeness (QED) is 0.643. The standard InChI is InChI=1S/C13H16N4O2/c18-12(8-2-1-5-14-7-8)15-9-3-4-10-11(6-9)17-13(19)16-10/h3-4,6,8,14H,1-2,5,7H2,(H,15,18)(H2,16,17,19). The van der Waals surface area contributed by atoms with Gasteiger partial charge >= 0.3 is 5.69 Å². The molecule has 6 nitrogen and oxygen atoms in total. The number of H-pyrrole nitrogens is 2. The summed E-state index contributed by atoms with van der Waals surface area (Å²) in [6, 6.07) is 5.34. The summed E-state index contributed by atoms with van der Waals surface area (Å²) in [5, 5.41) is 6.12. The Morgan fingerprint density at radius 2 is 2.11 bits per heavy atom. The molecule has 1 aliphatic rings. The van der Waals surface area contributed by atoms with Gasteiger partial charge in [0, 0.05) is 12.2 Å². The summed E-state index contributed by atoms with van der Waals surface area (Å²) < 4.78 is 0. The van der Waals surface area contributed by atoms with Crippen molar-refractivity contribution in [2.75, 3.05) is 18.4 Å². The minimum atomic E-state index is -0.241. The molecule has 2 heterocycles. The van der Waals surface area contributed by atoms with Crippen LogP contribution in [0.25, 0.3) is 11.0 Å². The Morgan fingerprint density at radius 1 is 1.26 bits per heavy atom. The third-order valence-electron chi connectivity index (χ3n) is 3.45. The Bertz CT molecular complexity index is 652. The lowest BCUT2D eigenvalue weighted by molar-refractivity contribution is -0.120. The van der Waals surface area contributed by atoms with Crippen molar-refractivity contribution in [3.8, 4) is 0 Å². The first-order chi connectivity index (χ1) is 9.22. The van der Waals surface area contributed by atoms with E-state index >= 15 is 0 Å². The largest absolute Gasteiger partial charge is 0.326 e. The van der Waals surface area contributed by atoms with Crippen molar-refractivity contribution >= 4 is 22.6 Å². The predicted octanol–water partition coefficient (Wildman–Crippen LogP) is 0.794. The van der Waals surface area contributed by atoms with Gasteiger partial charge in [-0.25, -0.2) is 4.79 Å². The molecular weight excluding hydrogens is 244 g/mol. The third kappa shape index (κ3) is 2.53. The molecule has 1 amide bonds. The molecule has 19 heavy (non-hydrogen) atoms. The molecule has 2 aromatic rings. The number of hydrogen-bond donors (Lipinski definition) is 4. The fourth-order valence-electron chi connectivity index (χ4n) is 2.43. The monoisotopic (exact) mass is 260 g/mol. The van der Waals surface area contributed by atoms with E-state index in [2.05, 4.69) is 20.6 Å². The van der Waals surface area contributed by atoms with Gasteiger partial charge < -0.3 is 20.6 Å². The molecule has 1 fully saturated rings. The molecule has 0 spiro atoms. The molecule has 3 rings (SSSR count). The van der Waals surface area contributed by atoms with Crippen LogP contribution in [0, 0.1) is 5.92 Å². The summed E-state index contributed by atoms with van der Waals surface area (Å²) in [5.41, 5.74) is 1.90. The van der Waals surface area contributed by atoms with E-state index in [-0.39, 0.29) is 17.5 Å². The second kappa shape index (κ2) is 4.89. The zero-order chi connectivity index (χ0) is 13.2. The second-order valence-corrected chi connectivity index (χ2v) is 4.87. The van der Waals surface area contributed by atoms with Crippen molar-refractivity contribution in [1.82, 2.24) is 15.3 Å². The van der Waals surface area contributed by atoms with Crippen LogP contribution in [0.4, 0.5) is 5.69 Å². The molecule has 1 atom stereocenters. The fourth-order valence-corrected chi connectivity index (χ4v) is 2.43. The third-order valence-corrected chi connectivity index (χ3v) is 3.45. The Morgan fingerprint density at radius 3 is 2.89 bits per heavy atom. The highest BCUT2D eigenvalue weighted by atomic mass is 16.2. The van der Waals surface area contributed by atoms with Gasteiger partial charge in [0.15, 0.2) is 0 Å². The number of rotatable bonds is 2. The number of fused-ring (bicyclic) bond motifs is 1. The average Bonchev–Trinajstić information content (AvgIpc) is 2.79. The highest BCUT2D eigenvalue weighted by Gasteiger charge is 2.20. The maximum Gasteiger partial charge on any atom is 0.323 e. The Labute approximate surface area is 109 Å². The summed E-state index contributed by atoms with van der Waals surface area (Å²) >= 11 is 0. The van der Waals surface area contributed by atoms with Crippen molar-refractivity contribution in [1.29, 1.82) is 0 Å². The Hall–Kier alpha value is -2.08. The van der Waals surface area contributed by atoms with Gasteiger partial charge in [0.05, 0.1) is 17.0 Å². The smallest absolute Gasteiger partial charge is 0.323 e. The molecule has 4 N–H and O–H groups in total. The maximum atomic E-state index is 12.1. The second-order valence-electron chi connectivity index (χ2n) is 4.87. The Balaban J connectivity index is 1.76. The summed E-state index contributed by atoms with van der Waals surface area (Å²) in [6.07, 6.45) is 1.95. The molecule has 1 aromatic carbocycles. The topological polar surface area (TPSA) is 89.8 Å². The predicted molar refractivity (Wildman–Crippen MR) is 73.1 cm³/mol. The first-order valence-corrected chi connectivity index (χ1v) is 6.46. The molecule has 1 aromatic heterocycles. The van der Waals surface area contributed by atoms with E-state index in [0.29, 0.717) is 11.2 Å². The number of hydrogen-bond acceptors (Lipinski definition) is 3. The van der Waals surface area contributed by atoms with Crippen LogP contribution in [0.5, 0.6) is 0 Å². The Kier molecular flexibility index (Phi) is 3.08. The lowest BCUT2D eigenvalue weighted by Crippen LogP contribution is -2.37. The SMILES string of the molecule is O=C(Nc1ccc2[nH]c(=O)[nH]c2c1)C1CCCNC1. The van der Waals surface area contributed by atoms with Crippen LogP contribution in [-0.4, -0.2) is 29.0 Å². The summed E-state index contributed by atoms with van der Waals surface area (Å²) in [4.78, 5) is 28.6. The highest BCUT2D eigenvalue weighted by Crippen LogP contribution is 2.17. The van der Waals surface area contributed by atoms with E-state index in [4.69, 9.17) is 0 Å². The van der Waals surface area contributed by atoms with Crippen LogP contribution in [0.3, 0.4) is 0 Å². The normalized spacial score (nSPS) is 19.5. The zero-order valence-corrected chi connectivity index (χ0v) is 10.5. The van der Waals surface area contributed by atoms with E-state index < -0.39 is 0 Å². The molecule has 0 saturated carbocycles. The molecule has 6 heteroatoms. The first kappa shape index (κ1) is 12.0. The minimum absolute atomic E-state index is 0.0229. The summed E-state index contributed by atoms with van der Waals surface area (Å²) in [7, 11) is 0. The van der Waals surface area contributed by atoms with Crippen LogP contribution in [0.1, 0.15) is 12.8 Å². The highest BCUT2D eigenvalue weighted by molar-refractivity contribution is 5.94. The van der Waals surface area contributed by atoms with E-state index in [1.165, 1.54) is 0 Å². The lowest BCUT2D eigenvalue weighted by atomic mass is 9.99. The number of carbonyl (C=O) groups excluding carboxylic acids is 1. The maximum absolute atomic E-state index is 12.1. The van der Waals surface area contributed by atoms with E-state index in [0.717, 1.165) is 31.4 Å². The van der Waals surface area contributed by atoms with Crippen LogP contribution in [0.2, 0.25) is 0 Å². The van der Waals surface area contributed by atoms with Crippen LogP contribution in [-0.2, 0) is 4.79 Å². The molecule has 1 unspecified atom stereocenters. The van der Waals surface area contributed by atoms with Gasteiger partial charge in [-0.2, -0.15) is 0 Å². The fraction of sp³-hybridized carbons (Fsp3) is 0.385. The van der Waals surface area contributed by atoms with Crippen molar-refractivity contribution in [3.63, 3.8) is 0 Å². The lowest BCUT2D eigenvalue weighted by Gasteiger charge is -2.21. The number of carbonyl (C=O) groups is 1. The molecule has 1 saturated heterocycles. The number of benzene rings is 1. The summed E-state index contributed by atoms with van der Waals surface area (Å²) in [5.74, 6) is 0.0548. The van der Waals surface area contributed by atoms with E-state index in [1.54, 1.807) is 18.2 Å². The van der Waals surface area contributed by atoms with E-state index in [1.807, 2.05) is 0 Å². The van der Waals surface area contributed by atoms with Gasteiger partial charge in [0.25, 0.3) is 0 Å². The molecule has 0 radical (unpaired) electrons. The average molecular weight is 260 g/mol. The number of nitrogens with one attached hydrogen (secondary N) is 4. The minimum Gasteiger partial charge on any atom is -0.326 e. The van der Waals surface area contributed by atoms with Gasteiger partial charge in [0.1, 0.15) is 0 Å². The number of imidazole rings is 1. The van der Waals surface area contributed by atoms with E-state index in [9.17, 15) is 9.59 Å². The van der Waals surface area contributed by atoms with Crippen LogP contribution in [0.15, 0.2) is 23.0 Å². The van der Waals surface area contributed by atoms with Crippen molar-refractivity contribution in [2.45, 2.75) is 12.8 Å². The van der Waals surface area contributed by atoms with Crippen molar-refractivity contribution < 1.29 is 4.79 Å². The number of aromatic amines is 2. The van der Waals surface area contributed by atoms with Crippen molar-refractivity contribution in [3.05, 3.63) is 28.7 Å². The zero-order valence-electron chi connectivity index (χ0n) is 10.5. The number of anilines is 1.